The number of hydrogen-bond donors (Lipinski definition) is 0. The molecule has 1 spiro atoms. The zero-order valence-corrected chi connectivity index (χ0v) is 23.5. The van der Waals surface area contributed by atoms with Crippen molar-refractivity contribution >= 4 is 35.0 Å². The van der Waals surface area contributed by atoms with Crippen LogP contribution in [0, 0.1) is 0 Å². The fourth-order valence-electron chi connectivity index (χ4n) is 6.29. The predicted molar refractivity (Wildman–Crippen MR) is 163 cm³/mol. The highest BCUT2D eigenvalue weighted by Crippen LogP contribution is 2.55. The van der Waals surface area contributed by atoms with Crippen LogP contribution in [0.25, 0.3) is 0 Å². The number of amides is 2. The van der Waals surface area contributed by atoms with Gasteiger partial charge in [-0.1, -0.05) is 78.9 Å². The van der Waals surface area contributed by atoms with Crippen LogP contribution in [-0.2, 0) is 21.1 Å². The summed E-state index contributed by atoms with van der Waals surface area (Å²) < 4.78 is 5.97. The van der Waals surface area contributed by atoms with Crippen molar-refractivity contribution in [3.8, 4) is 5.75 Å². The lowest BCUT2D eigenvalue weighted by molar-refractivity contribution is -0.123. The summed E-state index contributed by atoms with van der Waals surface area (Å²) in [7, 11) is 0. The van der Waals surface area contributed by atoms with Crippen molar-refractivity contribution in [2.45, 2.75) is 23.8 Å². The number of carbonyl (C=O) groups is 2. The van der Waals surface area contributed by atoms with E-state index in [2.05, 4.69) is 29.2 Å². The van der Waals surface area contributed by atoms with Gasteiger partial charge in [-0.25, -0.2) is 0 Å². The van der Waals surface area contributed by atoms with Crippen molar-refractivity contribution in [2.24, 2.45) is 0 Å². The molecule has 0 bridgehead atoms. The van der Waals surface area contributed by atoms with E-state index in [9.17, 15) is 9.59 Å². The van der Waals surface area contributed by atoms with Gasteiger partial charge < -0.3 is 4.74 Å². The molecule has 2 atom stereocenters. The Morgan fingerprint density at radius 1 is 0.829 bits per heavy atom. The number of rotatable bonds is 7. The predicted octanol–water partition coefficient (Wildman–Crippen LogP) is 5.99. The van der Waals surface area contributed by atoms with E-state index in [-0.39, 0.29) is 17.6 Å². The molecule has 0 saturated carbocycles. The van der Waals surface area contributed by atoms with Crippen LogP contribution in [0.1, 0.15) is 29.0 Å². The third-order valence-corrected chi connectivity index (χ3v) is 9.68. The van der Waals surface area contributed by atoms with Crippen LogP contribution in [-0.4, -0.2) is 42.2 Å². The van der Waals surface area contributed by atoms with Crippen molar-refractivity contribution in [3.63, 3.8) is 0 Å². The van der Waals surface area contributed by atoms with E-state index in [1.807, 2.05) is 89.8 Å². The highest BCUT2D eigenvalue weighted by Gasteiger charge is 2.61. The Hall–Kier alpha value is -4.07. The minimum atomic E-state index is -1.11. The molecule has 3 aliphatic heterocycles. The van der Waals surface area contributed by atoms with E-state index in [1.165, 1.54) is 17.3 Å². The number of thioether (sulfide) groups is 1. The van der Waals surface area contributed by atoms with Crippen LogP contribution >= 0.6 is 11.8 Å². The third-order valence-electron chi connectivity index (χ3n) is 8.29. The maximum absolute atomic E-state index is 14.4. The molecule has 206 valence electrons. The molecule has 2 amide bonds. The van der Waals surface area contributed by atoms with Crippen LogP contribution in [0.4, 0.5) is 11.4 Å². The highest BCUT2D eigenvalue weighted by molar-refractivity contribution is 8.02. The van der Waals surface area contributed by atoms with Gasteiger partial charge >= 0.3 is 0 Å². The first-order valence-electron chi connectivity index (χ1n) is 14.1. The van der Waals surface area contributed by atoms with Gasteiger partial charge in [0.15, 0.2) is 0 Å². The summed E-state index contributed by atoms with van der Waals surface area (Å²) in [5.41, 5.74) is 4.89. The largest absolute Gasteiger partial charge is 0.489 e. The number of anilines is 2. The molecule has 0 aliphatic carbocycles. The van der Waals surface area contributed by atoms with Crippen molar-refractivity contribution < 1.29 is 14.3 Å². The smallest absolute Gasteiger partial charge is 0.269 e. The molecule has 0 aromatic heterocycles. The fraction of sp³-hybridized carbons (Fsp3) is 0.235. The lowest BCUT2D eigenvalue weighted by atomic mass is 9.99. The normalized spacial score (nSPS) is 22.1. The molecule has 0 radical (unpaired) electrons. The summed E-state index contributed by atoms with van der Waals surface area (Å²) in [5, 5.41) is 0. The van der Waals surface area contributed by atoms with Crippen molar-refractivity contribution in [3.05, 3.63) is 126 Å². The van der Waals surface area contributed by atoms with E-state index < -0.39 is 4.87 Å². The Labute approximate surface area is 244 Å². The average Bonchev–Trinajstić information content (AvgIpc) is 3.70. The molecule has 2 saturated heterocycles. The monoisotopic (exact) mass is 561 g/mol. The molecule has 3 aliphatic rings. The Kier molecular flexibility index (Phi) is 6.77. The number of nitrogens with zero attached hydrogens (tertiary/aromatic N) is 3. The molecular weight excluding hydrogens is 530 g/mol. The summed E-state index contributed by atoms with van der Waals surface area (Å²) >= 11 is 1.42. The number of fused-ring (bicyclic) bond motifs is 2. The number of hydrogen-bond acceptors (Lipinski definition) is 5. The van der Waals surface area contributed by atoms with E-state index in [1.54, 1.807) is 4.90 Å². The van der Waals surface area contributed by atoms with Crippen LogP contribution in [0.5, 0.6) is 5.75 Å². The second-order valence-electron chi connectivity index (χ2n) is 10.8. The summed E-state index contributed by atoms with van der Waals surface area (Å²) in [6, 6.07) is 36.1. The lowest BCUT2D eigenvalue weighted by Gasteiger charge is -2.34. The molecule has 3 heterocycles. The summed E-state index contributed by atoms with van der Waals surface area (Å²) in [6.45, 7) is 2.81. The molecule has 6 nitrogen and oxygen atoms in total. The van der Waals surface area contributed by atoms with Crippen LogP contribution < -0.4 is 14.5 Å². The first-order chi connectivity index (χ1) is 20.1. The Balaban J connectivity index is 1.14. The molecular formula is C34H31N3O3S. The summed E-state index contributed by atoms with van der Waals surface area (Å²) in [5.74, 6) is 1.30. The zero-order chi connectivity index (χ0) is 27.8. The average molecular weight is 562 g/mol. The first-order valence-corrected chi connectivity index (χ1v) is 15.0. The van der Waals surface area contributed by atoms with E-state index >= 15 is 0 Å². The second kappa shape index (κ2) is 10.7. The quantitative estimate of drug-likeness (QED) is 0.277. The van der Waals surface area contributed by atoms with E-state index in [4.69, 9.17) is 4.74 Å². The molecule has 7 rings (SSSR count). The molecule has 2 fully saturated rings. The molecule has 41 heavy (non-hydrogen) atoms. The van der Waals surface area contributed by atoms with E-state index in [0.29, 0.717) is 30.6 Å². The number of likely N-dealkylation sites (tertiary alicyclic amines) is 1. The van der Waals surface area contributed by atoms with E-state index in [0.717, 1.165) is 36.3 Å². The zero-order valence-electron chi connectivity index (χ0n) is 22.7. The highest BCUT2D eigenvalue weighted by atomic mass is 32.2. The molecule has 4 aromatic rings. The number of para-hydroxylation sites is 1. The second-order valence-corrected chi connectivity index (χ2v) is 12.0. The van der Waals surface area contributed by atoms with Gasteiger partial charge in [-0.2, -0.15) is 0 Å². The first kappa shape index (κ1) is 25.9. The maximum atomic E-state index is 14.4. The van der Waals surface area contributed by atoms with Gasteiger partial charge in [0, 0.05) is 24.3 Å². The number of carbonyl (C=O) groups excluding carboxylic acids is 2. The standard InChI is InChI=1S/C34H31N3O3S/c38-32-23-41-34(37(32)28-15-17-29(18-16-28)40-22-25-9-3-1-4-10-25)30-13-7-8-14-31(30)36(33(34)39)24-35-20-19-27(21-35)26-11-5-2-6-12-26/h1-18,27H,19-24H2/t27-,34-/m0/s1. The summed E-state index contributed by atoms with van der Waals surface area (Å²) in [4.78, 5) is 32.7. The van der Waals surface area contributed by atoms with Gasteiger partial charge in [0.2, 0.25) is 10.8 Å². The fourth-order valence-corrected chi connectivity index (χ4v) is 7.65. The summed E-state index contributed by atoms with van der Waals surface area (Å²) in [6.07, 6.45) is 1.07. The van der Waals surface area contributed by atoms with Gasteiger partial charge in [0.1, 0.15) is 12.4 Å². The Morgan fingerprint density at radius 2 is 1.54 bits per heavy atom. The molecule has 4 aromatic carbocycles. The molecule has 0 N–H and O–H groups in total. The third kappa shape index (κ3) is 4.59. The van der Waals surface area contributed by atoms with Gasteiger partial charge in [-0.15, -0.1) is 11.8 Å². The van der Waals surface area contributed by atoms with Crippen LogP contribution in [0.2, 0.25) is 0 Å². The number of ether oxygens (including phenoxy) is 1. The Bertz CT molecular complexity index is 1560. The van der Waals surface area contributed by atoms with Gasteiger partial charge in [-0.3, -0.25) is 24.3 Å². The van der Waals surface area contributed by atoms with Crippen LogP contribution in [0.3, 0.4) is 0 Å². The van der Waals surface area contributed by atoms with Crippen molar-refractivity contribution in [1.82, 2.24) is 4.90 Å². The molecule has 7 heteroatoms. The minimum Gasteiger partial charge on any atom is -0.489 e. The number of benzene rings is 4. The van der Waals surface area contributed by atoms with Gasteiger partial charge in [0.05, 0.1) is 18.1 Å². The SMILES string of the molecule is O=C1CS[C@@]2(C(=O)N(CN3CC[C@H](c4ccccc4)C3)c3ccccc32)N1c1ccc(OCc2ccccc2)cc1. The van der Waals surface area contributed by atoms with Crippen molar-refractivity contribution in [1.29, 1.82) is 0 Å². The Morgan fingerprint density at radius 3 is 2.32 bits per heavy atom. The maximum Gasteiger partial charge on any atom is 0.269 e. The van der Waals surface area contributed by atoms with Crippen LogP contribution in [0.15, 0.2) is 109 Å². The minimum absolute atomic E-state index is 0.0536. The topological polar surface area (TPSA) is 53.1 Å². The molecule has 0 unspecified atom stereocenters. The van der Waals surface area contributed by atoms with Gasteiger partial charge in [-0.05, 0) is 53.8 Å². The lowest BCUT2D eigenvalue weighted by Crippen LogP contribution is -2.51. The van der Waals surface area contributed by atoms with Gasteiger partial charge in [0.25, 0.3) is 5.91 Å². The van der Waals surface area contributed by atoms with Crippen molar-refractivity contribution in [2.75, 3.05) is 35.3 Å².